The Hall–Kier alpha value is -2.53. The monoisotopic (exact) mass is 439 g/mol. The van der Waals surface area contributed by atoms with E-state index in [9.17, 15) is 4.79 Å². The maximum absolute atomic E-state index is 11.8. The fourth-order valence-corrected chi connectivity index (χ4v) is 4.03. The molecule has 1 fully saturated rings. The van der Waals surface area contributed by atoms with E-state index >= 15 is 0 Å². The average molecular weight is 440 g/mol. The third-order valence-electron chi connectivity index (χ3n) is 5.76. The van der Waals surface area contributed by atoms with Crippen LogP contribution in [-0.4, -0.2) is 28.6 Å². The van der Waals surface area contributed by atoms with Gasteiger partial charge < -0.3 is 14.6 Å². The number of carbonyl (C=O) groups is 1. The van der Waals surface area contributed by atoms with E-state index in [1.165, 1.54) is 0 Å². The van der Waals surface area contributed by atoms with Gasteiger partial charge in [-0.25, -0.2) is 4.98 Å². The van der Waals surface area contributed by atoms with E-state index < -0.39 is 0 Å². The molecule has 31 heavy (non-hydrogen) atoms. The van der Waals surface area contributed by atoms with Gasteiger partial charge in [-0.05, 0) is 74.9 Å². The molecular weight excluding hydrogens is 410 g/mol. The third kappa shape index (κ3) is 5.40. The summed E-state index contributed by atoms with van der Waals surface area (Å²) < 4.78 is 8.28. The average Bonchev–Trinajstić information content (AvgIpc) is 3.55. The molecular formula is C25H30ClN3O2. The van der Waals surface area contributed by atoms with E-state index in [0.717, 1.165) is 77.4 Å². The maximum atomic E-state index is 11.8. The first-order valence-corrected chi connectivity index (χ1v) is 11.5. The number of halogens is 1. The molecule has 0 unspecified atom stereocenters. The lowest BCUT2D eigenvalue weighted by Crippen LogP contribution is -2.26. The predicted molar refractivity (Wildman–Crippen MR) is 125 cm³/mol. The van der Waals surface area contributed by atoms with Crippen LogP contribution in [0.5, 0.6) is 5.75 Å². The summed E-state index contributed by atoms with van der Waals surface area (Å²) in [4.78, 5) is 16.7. The zero-order valence-corrected chi connectivity index (χ0v) is 19.0. The van der Waals surface area contributed by atoms with E-state index in [2.05, 4.69) is 28.1 Å². The van der Waals surface area contributed by atoms with Gasteiger partial charge in [0.15, 0.2) is 0 Å². The first-order valence-electron chi connectivity index (χ1n) is 11.1. The van der Waals surface area contributed by atoms with Gasteiger partial charge >= 0.3 is 0 Å². The number of fused-ring (bicyclic) bond motifs is 1. The summed E-state index contributed by atoms with van der Waals surface area (Å²) in [6.07, 6.45) is 4.70. The zero-order valence-electron chi connectivity index (χ0n) is 18.3. The second-order valence-corrected chi connectivity index (χ2v) is 8.79. The van der Waals surface area contributed by atoms with Crippen molar-refractivity contribution < 1.29 is 9.53 Å². The Morgan fingerprint density at radius 1 is 1.19 bits per heavy atom. The first kappa shape index (κ1) is 21.7. The lowest BCUT2D eigenvalue weighted by atomic mass is 10.1. The number of nitrogens with one attached hydrogen (secondary N) is 1. The molecule has 0 aliphatic heterocycles. The molecule has 1 amide bonds. The second-order valence-electron chi connectivity index (χ2n) is 8.41. The molecule has 6 heteroatoms. The minimum Gasteiger partial charge on any atom is -0.494 e. The van der Waals surface area contributed by atoms with Gasteiger partial charge in [-0.3, -0.25) is 4.79 Å². The van der Waals surface area contributed by atoms with Crippen LogP contribution in [0.4, 0.5) is 0 Å². The van der Waals surface area contributed by atoms with Gasteiger partial charge in [0.05, 0.1) is 17.6 Å². The number of benzene rings is 2. The second kappa shape index (κ2) is 9.73. The van der Waals surface area contributed by atoms with E-state index in [4.69, 9.17) is 21.3 Å². The molecule has 1 heterocycles. The van der Waals surface area contributed by atoms with Crippen molar-refractivity contribution in [1.29, 1.82) is 0 Å². The topological polar surface area (TPSA) is 56.1 Å². The first-order chi connectivity index (χ1) is 15.0. The van der Waals surface area contributed by atoms with Gasteiger partial charge in [-0.15, -0.1) is 0 Å². The molecule has 2 aromatic carbocycles. The minimum absolute atomic E-state index is 0.207. The van der Waals surface area contributed by atoms with Crippen LogP contribution in [-0.2, 0) is 17.8 Å². The number of amides is 1. The Labute approximate surface area is 188 Å². The molecule has 1 aromatic heterocycles. The number of hydrogen-bond acceptors (Lipinski definition) is 3. The fourth-order valence-electron chi connectivity index (χ4n) is 3.92. The number of hydrogen-bond donors (Lipinski definition) is 1. The molecule has 0 saturated heterocycles. The largest absolute Gasteiger partial charge is 0.494 e. The maximum Gasteiger partial charge on any atom is 0.223 e. The van der Waals surface area contributed by atoms with Crippen LogP contribution in [0, 0.1) is 19.8 Å². The van der Waals surface area contributed by atoms with Crippen molar-refractivity contribution >= 4 is 28.5 Å². The summed E-state index contributed by atoms with van der Waals surface area (Å²) in [6.45, 7) is 6.18. The molecule has 0 radical (unpaired) electrons. The quantitative estimate of drug-likeness (QED) is 0.440. The number of ether oxygens (including phenoxy) is 1. The molecule has 5 nitrogen and oxygen atoms in total. The number of nitrogens with zero attached hydrogens (tertiary/aromatic N) is 2. The Balaban J connectivity index is 1.34. The number of rotatable bonds is 10. The van der Waals surface area contributed by atoms with Crippen LogP contribution < -0.4 is 10.1 Å². The fraction of sp³-hybridized carbons (Fsp3) is 0.440. The Bertz CT molecular complexity index is 1050. The highest BCUT2D eigenvalue weighted by molar-refractivity contribution is 6.32. The molecule has 0 atom stereocenters. The van der Waals surface area contributed by atoms with Crippen LogP contribution in [0.1, 0.15) is 42.6 Å². The van der Waals surface area contributed by atoms with E-state index in [0.29, 0.717) is 13.2 Å². The number of aromatic nitrogens is 2. The minimum atomic E-state index is 0.207. The van der Waals surface area contributed by atoms with Crippen molar-refractivity contribution in [3.05, 3.63) is 58.4 Å². The van der Waals surface area contributed by atoms with Crippen LogP contribution >= 0.6 is 11.6 Å². The third-order valence-corrected chi connectivity index (χ3v) is 6.36. The Kier molecular flexibility index (Phi) is 6.81. The summed E-state index contributed by atoms with van der Waals surface area (Å²) in [5.74, 6) is 2.40. The van der Waals surface area contributed by atoms with E-state index in [1.54, 1.807) is 0 Å². The highest BCUT2D eigenvalue weighted by Crippen LogP contribution is 2.28. The van der Waals surface area contributed by atoms with Crippen LogP contribution in [0.25, 0.3) is 11.0 Å². The molecule has 1 N–H and O–H groups in total. The number of para-hydroxylation sites is 2. The van der Waals surface area contributed by atoms with Crippen LogP contribution in [0.2, 0.25) is 5.02 Å². The Morgan fingerprint density at radius 3 is 2.68 bits per heavy atom. The van der Waals surface area contributed by atoms with Crippen molar-refractivity contribution in [3.63, 3.8) is 0 Å². The number of imidazole rings is 1. The van der Waals surface area contributed by atoms with Crippen molar-refractivity contribution in [3.8, 4) is 5.75 Å². The summed E-state index contributed by atoms with van der Waals surface area (Å²) in [5.41, 5.74) is 4.24. The van der Waals surface area contributed by atoms with Gasteiger partial charge in [0, 0.05) is 30.5 Å². The lowest BCUT2D eigenvalue weighted by Gasteiger charge is -2.12. The summed E-state index contributed by atoms with van der Waals surface area (Å²) in [6, 6.07) is 12.2. The highest BCUT2D eigenvalue weighted by Gasteiger charge is 2.29. The molecule has 4 rings (SSSR count). The summed E-state index contributed by atoms with van der Waals surface area (Å²) in [7, 11) is 0. The molecule has 0 spiro atoms. The molecule has 1 saturated carbocycles. The standard InChI is InChI=1S/C25H30ClN3O2/c1-17-15-20(16-18(2)24(17)26)31-14-6-13-29-22-8-4-3-7-21(22)28-23(29)9-5-12-27-25(30)19-10-11-19/h3-4,7-8,15-16,19H,5-6,9-14H2,1-2H3,(H,27,30). The van der Waals surface area contributed by atoms with Crippen molar-refractivity contribution in [1.82, 2.24) is 14.9 Å². The van der Waals surface area contributed by atoms with Crippen LogP contribution in [0.15, 0.2) is 36.4 Å². The molecule has 1 aliphatic carbocycles. The number of carbonyl (C=O) groups excluding carboxylic acids is 1. The SMILES string of the molecule is Cc1cc(OCCCn2c(CCCNC(=O)C3CC3)nc3ccccc32)cc(C)c1Cl. The smallest absolute Gasteiger partial charge is 0.223 e. The normalized spacial score (nSPS) is 13.5. The molecule has 3 aromatic rings. The molecule has 0 bridgehead atoms. The van der Waals surface area contributed by atoms with Gasteiger partial charge in [0.2, 0.25) is 5.91 Å². The van der Waals surface area contributed by atoms with E-state index in [1.807, 2.05) is 32.0 Å². The van der Waals surface area contributed by atoms with Crippen molar-refractivity contribution in [2.24, 2.45) is 5.92 Å². The predicted octanol–water partition coefficient (Wildman–Crippen LogP) is 5.23. The zero-order chi connectivity index (χ0) is 21.8. The van der Waals surface area contributed by atoms with Crippen LogP contribution in [0.3, 0.4) is 0 Å². The number of aryl methyl sites for hydroxylation is 4. The van der Waals surface area contributed by atoms with Gasteiger partial charge in [0.1, 0.15) is 11.6 Å². The van der Waals surface area contributed by atoms with Crippen molar-refractivity contribution in [2.75, 3.05) is 13.2 Å². The highest BCUT2D eigenvalue weighted by atomic mass is 35.5. The van der Waals surface area contributed by atoms with Crippen molar-refractivity contribution in [2.45, 2.75) is 52.5 Å². The lowest BCUT2D eigenvalue weighted by molar-refractivity contribution is -0.122. The Morgan fingerprint density at radius 2 is 1.94 bits per heavy atom. The molecule has 1 aliphatic rings. The summed E-state index contributed by atoms with van der Waals surface area (Å²) in [5, 5.41) is 3.85. The van der Waals surface area contributed by atoms with Gasteiger partial charge in [-0.1, -0.05) is 23.7 Å². The van der Waals surface area contributed by atoms with Gasteiger partial charge in [0.25, 0.3) is 0 Å². The van der Waals surface area contributed by atoms with E-state index in [-0.39, 0.29) is 11.8 Å². The van der Waals surface area contributed by atoms with Gasteiger partial charge in [-0.2, -0.15) is 0 Å². The molecule has 164 valence electrons. The summed E-state index contributed by atoms with van der Waals surface area (Å²) >= 11 is 6.25.